The third-order valence-electron chi connectivity index (χ3n) is 4.03. The summed E-state index contributed by atoms with van der Waals surface area (Å²) < 4.78 is 0. The number of halogens is 1. The molecule has 0 heterocycles. The van der Waals surface area contributed by atoms with Crippen LogP contribution in [0.15, 0.2) is 59.6 Å². The Morgan fingerprint density at radius 1 is 1.08 bits per heavy atom. The summed E-state index contributed by atoms with van der Waals surface area (Å²) in [7, 11) is 0. The first kappa shape index (κ1) is 20.2. The molecular formula is C19H23IN4O2. The summed E-state index contributed by atoms with van der Waals surface area (Å²) in [4.78, 5) is 14.9. The minimum atomic E-state index is -0.391. The molecule has 3 rings (SSSR count). The summed E-state index contributed by atoms with van der Waals surface area (Å²) >= 11 is 0. The van der Waals surface area contributed by atoms with E-state index in [0.29, 0.717) is 12.6 Å². The van der Waals surface area contributed by atoms with Crippen LogP contribution in [0.4, 0.5) is 5.69 Å². The van der Waals surface area contributed by atoms with E-state index in [1.165, 1.54) is 30.5 Å². The SMILES string of the molecule is I.O=[N+]([O-])c1ccc(CN=C(NCCc2ccccc2)NC2CC2)cc1. The number of nitro groups is 1. The van der Waals surface area contributed by atoms with Gasteiger partial charge in [0.15, 0.2) is 5.96 Å². The van der Waals surface area contributed by atoms with Crippen molar-refractivity contribution in [3.63, 3.8) is 0 Å². The molecule has 6 nitrogen and oxygen atoms in total. The number of hydrogen-bond donors (Lipinski definition) is 2. The number of rotatable bonds is 7. The van der Waals surface area contributed by atoms with Crippen molar-refractivity contribution >= 4 is 35.6 Å². The topological polar surface area (TPSA) is 79.6 Å². The predicted octanol–water partition coefficient (Wildman–Crippen LogP) is 3.65. The van der Waals surface area contributed by atoms with E-state index in [4.69, 9.17) is 0 Å². The van der Waals surface area contributed by atoms with Crippen molar-refractivity contribution in [2.24, 2.45) is 4.99 Å². The first-order valence-electron chi connectivity index (χ1n) is 8.53. The van der Waals surface area contributed by atoms with Gasteiger partial charge in [-0.05, 0) is 30.4 Å². The monoisotopic (exact) mass is 466 g/mol. The van der Waals surface area contributed by atoms with Gasteiger partial charge in [0.05, 0.1) is 11.5 Å². The van der Waals surface area contributed by atoms with Gasteiger partial charge in [0.25, 0.3) is 5.69 Å². The number of non-ortho nitro benzene ring substituents is 1. The maximum absolute atomic E-state index is 10.7. The van der Waals surface area contributed by atoms with Gasteiger partial charge in [0.1, 0.15) is 0 Å². The first-order chi connectivity index (χ1) is 12.2. The minimum Gasteiger partial charge on any atom is -0.356 e. The zero-order valence-corrected chi connectivity index (χ0v) is 16.8. The Balaban J connectivity index is 0.00000243. The number of benzene rings is 2. The fraction of sp³-hybridized carbons (Fsp3) is 0.316. The standard InChI is InChI=1S/C19H22N4O2.HI/c24-23(25)18-10-6-16(7-11-18)14-21-19(22-17-8-9-17)20-13-12-15-4-2-1-3-5-15;/h1-7,10-11,17H,8-9,12-14H2,(H2,20,21,22);1H. The van der Waals surface area contributed by atoms with E-state index in [-0.39, 0.29) is 29.7 Å². The molecule has 0 aromatic heterocycles. The second-order valence-corrected chi connectivity index (χ2v) is 6.17. The molecule has 1 aliphatic carbocycles. The highest BCUT2D eigenvalue weighted by molar-refractivity contribution is 14.0. The van der Waals surface area contributed by atoms with E-state index < -0.39 is 4.92 Å². The van der Waals surface area contributed by atoms with Crippen LogP contribution in [0.5, 0.6) is 0 Å². The van der Waals surface area contributed by atoms with Crippen molar-refractivity contribution < 1.29 is 4.92 Å². The summed E-state index contributed by atoms with van der Waals surface area (Å²) in [5, 5.41) is 17.5. The zero-order chi connectivity index (χ0) is 17.5. The Labute approximate surface area is 170 Å². The molecule has 1 aliphatic rings. The van der Waals surface area contributed by atoms with Gasteiger partial charge in [0, 0.05) is 24.7 Å². The number of nitrogens with zero attached hydrogens (tertiary/aromatic N) is 2. The molecule has 2 aromatic carbocycles. The van der Waals surface area contributed by atoms with Gasteiger partial charge in [-0.2, -0.15) is 0 Å². The van der Waals surface area contributed by atoms with E-state index in [0.717, 1.165) is 24.5 Å². The third-order valence-corrected chi connectivity index (χ3v) is 4.03. The van der Waals surface area contributed by atoms with Crippen LogP contribution in [0.1, 0.15) is 24.0 Å². The molecule has 2 N–H and O–H groups in total. The fourth-order valence-corrected chi connectivity index (χ4v) is 2.44. The van der Waals surface area contributed by atoms with Crippen molar-refractivity contribution in [1.29, 1.82) is 0 Å². The molecule has 0 unspecified atom stereocenters. The highest BCUT2D eigenvalue weighted by Gasteiger charge is 2.22. The third kappa shape index (κ3) is 6.62. The van der Waals surface area contributed by atoms with Crippen molar-refractivity contribution in [2.45, 2.75) is 31.8 Å². The average Bonchev–Trinajstić information content (AvgIpc) is 3.45. The summed E-state index contributed by atoms with van der Waals surface area (Å²) in [5.41, 5.74) is 2.34. The minimum absolute atomic E-state index is 0. The van der Waals surface area contributed by atoms with Gasteiger partial charge in [-0.15, -0.1) is 24.0 Å². The van der Waals surface area contributed by atoms with Gasteiger partial charge in [-0.1, -0.05) is 42.5 Å². The van der Waals surface area contributed by atoms with Gasteiger partial charge in [-0.3, -0.25) is 10.1 Å². The summed E-state index contributed by atoms with van der Waals surface area (Å²) in [6.07, 6.45) is 3.29. The lowest BCUT2D eigenvalue weighted by Gasteiger charge is -2.12. The maximum atomic E-state index is 10.7. The Morgan fingerprint density at radius 2 is 1.77 bits per heavy atom. The van der Waals surface area contributed by atoms with Crippen LogP contribution in [0.2, 0.25) is 0 Å². The lowest BCUT2D eigenvalue weighted by atomic mass is 10.1. The van der Waals surface area contributed by atoms with Crippen molar-refractivity contribution in [2.75, 3.05) is 6.54 Å². The molecule has 1 saturated carbocycles. The van der Waals surface area contributed by atoms with Crippen LogP contribution in [-0.2, 0) is 13.0 Å². The smallest absolute Gasteiger partial charge is 0.269 e. The predicted molar refractivity (Wildman–Crippen MR) is 114 cm³/mol. The molecule has 0 bridgehead atoms. The molecule has 7 heteroatoms. The van der Waals surface area contributed by atoms with E-state index in [2.05, 4.69) is 27.8 Å². The number of nitrogens with one attached hydrogen (secondary N) is 2. The van der Waals surface area contributed by atoms with E-state index in [9.17, 15) is 10.1 Å². The Bertz CT molecular complexity index is 731. The van der Waals surface area contributed by atoms with Crippen molar-refractivity contribution in [3.8, 4) is 0 Å². The number of aliphatic imine (C=N–C) groups is 1. The summed E-state index contributed by atoms with van der Waals surface area (Å²) in [5.74, 6) is 0.803. The number of guanidine groups is 1. The maximum Gasteiger partial charge on any atom is 0.269 e. The molecule has 2 aromatic rings. The molecule has 138 valence electrons. The van der Waals surface area contributed by atoms with Gasteiger partial charge in [-0.25, -0.2) is 4.99 Å². The lowest BCUT2D eigenvalue weighted by molar-refractivity contribution is -0.384. The first-order valence-corrected chi connectivity index (χ1v) is 8.53. The second kappa shape index (κ2) is 10.1. The van der Waals surface area contributed by atoms with Gasteiger partial charge in [0.2, 0.25) is 0 Å². The Kier molecular flexibility index (Phi) is 7.83. The second-order valence-electron chi connectivity index (χ2n) is 6.17. The number of hydrogen-bond acceptors (Lipinski definition) is 3. The molecule has 1 fully saturated rings. The van der Waals surface area contributed by atoms with Crippen molar-refractivity contribution in [1.82, 2.24) is 10.6 Å². The molecule has 0 spiro atoms. The molecule has 0 saturated heterocycles. The molecule has 0 amide bonds. The van der Waals surface area contributed by atoms with Gasteiger partial charge >= 0.3 is 0 Å². The summed E-state index contributed by atoms with van der Waals surface area (Å²) in [6.45, 7) is 1.30. The molecular weight excluding hydrogens is 443 g/mol. The van der Waals surface area contributed by atoms with E-state index in [1.807, 2.05) is 18.2 Å². The van der Waals surface area contributed by atoms with Crippen LogP contribution in [0.25, 0.3) is 0 Å². The Morgan fingerprint density at radius 3 is 2.38 bits per heavy atom. The molecule has 0 radical (unpaired) electrons. The highest BCUT2D eigenvalue weighted by Crippen LogP contribution is 2.18. The van der Waals surface area contributed by atoms with Crippen LogP contribution < -0.4 is 10.6 Å². The van der Waals surface area contributed by atoms with Crippen LogP contribution in [0.3, 0.4) is 0 Å². The quantitative estimate of drug-likeness (QED) is 0.215. The van der Waals surface area contributed by atoms with Crippen molar-refractivity contribution in [3.05, 3.63) is 75.8 Å². The normalized spacial score (nSPS) is 13.6. The lowest BCUT2D eigenvalue weighted by Crippen LogP contribution is -2.39. The highest BCUT2D eigenvalue weighted by atomic mass is 127. The molecule has 0 aliphatic heterocycles. The molecule has 26 heavy (non-hydrogen) atoms. The summed E-state index contributed by atoms with van der Waals surface area (Å²) in [6, 6.07) is 17.4. The molecule has 0 atom stereocenters. The van der Waals surface area contributed by atoms with E-state index in [1.54, 1.807) is 12.1 Å². The number of nitro benzene ring substituents is 1. The zero-order valence-electron chi connectivity index (χ0n) is 14.4. The van der Waals surface area contributed by atoms with Crippen LogP contribution >= 0.6 is 24.0 Å². The van der Waals surface area contributed by atoms with Gasteiger partial charge < -0.3 is 10.6 Å². The van der Waals surface area contributed by atoms with E-state index >= 15 is 0 Å². The van der Waals surface area contributed by atoms with Crippen LogP contribution in [0, 0.1) is 10.1 Å². The fourth-order valence-electron chi connectivity index (χ4n) is 2.44. The Hall–Kier alpha value is -2.16. The largest absolute Gasteiger partial charge is 0.356 e. The van der Waals surface area contributed by atoms with Crippen LogP contribution in [-0.4, -0.2) is 23.5 Å². The average molecular weight is 466 g/mol.